The van der Waals surface area contributed by atoms with Crippen LogP contribution in [-0.2, 0) is 23.3 Å². The number of carbonyl (C=O) groups excluding carboxylic acids is 2. The third kappa shape index (κ3) is 3.14. The first-order chi connectivity index (χ1) is 19.0. The van der Waals surface area contributed by atoms with Crippen LogP contribution >= 0.6 is 22.9 Å². The van der Waals surface area contributed by atoms with Gasteiger partial charge < -0.3 is 9.32 Å². The van der Waals surface area contributed by atoms with Gasteiger partial charge in [0.25, 0.3) is 11.8 Å². The number of carbonyl (C=O) groups is 2. The molecule has 0 radical (unpaired) electrons. The number of hydrogen-bond acceptors (Lipinski definition) is 7. The van der Waals surface area contributed by atoms with Crippen LogP contribution < -0.4 is 15.2 Å². The van der Waals surface area contributed by atoms with E-state index < -0.39 is 22.8 Å². The molecular formula is C29H19ClN4O4S. The predicted molar refractivity (Wildman–Crippen MR) is 148 cm³/mol. The average Bonchev–Trinajstić information content (AvgIpc) is 3.60. The smallest absolute Gasteiger partial charge is 0.297 e. The van der Waals surface area contributed by atoms with Crippen LogP contribution in [0.1, 0.15) is 39.2 Å². The number of fused-ring (bicyclic) bond motifs is 5. The molecule has 0 saturated heterocycles. The second kappa shape index (κ2) is 8.59. The Morgan fingerprint density at radius 3 is 2.49 bits per heavy atom. The van der Waals surface area contributed by atoms with Gasteiger partial charge in [-0.15, -0.1) is 10.2 Å². The van der Waals surface area contributed by atoms with Crippen LogP contribution in [0.15, 0.2) is 82.0 Å². The van der Waals surface area contributed by atoms with E-state index in [4.69, 9.17) is 16.0 Å². The van der Waals surface area contributed by atoms with Gasteiger partial charge in [0.2, 0.25) is 10.9 Å². The summed E-state index contributed by atoms with van der Waals surface area (Å²) in [5.41, 5.74) is -0.218. The second-order valence-corrected chi connectivity index (χ2v) is 10.8. The Kier molecular flexibility index (Phi) is 5.23. The number of benzene rings is 3. The van der Waals surface area contributed by atoms with E-state index in [1.807, 2.05) is 31.2 Å². The maximum Gasteiger partial charge on any atom is 0.297 e. The highest BCUT2D eigenvalue weighted by molar-refractivity contribution is 7.15. The predicted octanol–water partition coefficient (Wildman–Crippen LogP) is 5.31. The number of halogens is 1. The van der Waals surface area contributed by atoms with Crippen LogP contribution in [0, 0.1) is 0 Å². The number of hydrogen-bond donors (Lipinski definition) is 0. The highest BCUT2D eigenvalue weighted by Crippen LogP contribution is 2.54. The van der Waals surface area contributed by atoms with Gasteiger partial charge in [-0.3, -0.25) is 19.3 Å². The molecule has 2 amide bonds. The van der Waals surface area contributed by atoms with E-state index in [9.17, 15) is 14.4 Å². The topological polar surface area (TPSA) is 96.6 Å². The third-order valence-electron chi connectivity index (χ3n) is 7.27. The monoisotopic (exact) mass is 554 g/mol. The SMILES string of the molecule is CCc1nnc(N2C(=O)c3oc4ccccc4c(=O)c3C23C(=O)N(Cc2ccccc2Cl)c2ccccc23)s1. The van der Waals surface area contributed by atoms with E-state index in [0.29, 0.717) is 27.7 Å². The molecule has 3 aromatic carbocycles. The molecule has 5 aromatic rings. The number of amides is 2. The van der Waals surface area contributed by atoms with Gasteiger partial charge in [0.1, 0.15) is 10.6 Å². The fourth-order valence-corrected chi connectivity index (χ4v) is 6.57. The van der Waals surface area contributed by atoms with E-state index in [1.54, 1.807) is 53.4 Å². The van der Waals surface area contributed by atoms with E-state index in [1.165, 1.54) is 16.2 Å². The molecule has 4 heterocycles. The van der Waals surface area contributed by atoms with Crippen molar-refractivity contribution >= 4 is 56.5 Å². The summed E-state index contributed by atoms with van der Waals surface area (Å²) in [6, 6.07) is 21.2. The Balaban J connectivity index is 1.56. The van der Waals surface area contributed by atoms with E-state index >= 15 is 0 Å². The number of aryl methyl sites for hydroxylation is 1. The summed E-state index contributed by atoms with van der Waals surface area (Å²) in [6.45, 7) is 2.07. The number of para-hydroxylation sites is 2. The molecule has 0 bridgehead atoms. The third-order valence-corrected chi connectivity index (χ3v) is 8.69. The highest BCUT2D eigenvalue weighted by Gasteiger charge is 2.66. The lowest BCUT2D eigenvalue weighted by atomic mass is 9.84. The first-order valence-corrected chi connectivity index (χ1v) is 13.5. The largest absolute Gasteiger partial charge is 0.450 e. The molecule has 1 atom stereocenters. The van der Waals surface area contributed by atoms with Crippen molar-refractivity contribution in [3.8, 4) is 0 Å². The molecule has 2 aromatic heterocycles. The number of rotatable bonds is 4. The normalized spacial score (nSPS) is 17.9. The molecule has 39 heavy (non-hydrogen) atoms. The highest BCUT2D eigenvalue weighted by atomic mass is 35.5. The van der Waals surface area contributed by atoms with Crippen molar-refractivity contribution in [1.29, 1.82) is 0 Å². The van der Waals surface area contributed by atoms with Crippen molar-refractivity contribution in [3.05, 3.63) is 116 Å². The van der Waals surface area contributed by atoms with Gasteiger partial charge in [0.15, 0.2) is 11.0 Å². The van der Waals surface area contributed by atoms with Crippen LogP contribution in [0.5, 0.6) is 0 Å². The van der Waals surface area contributed by atoms with E-state index in [0.717, 1.165) is 5.56 Å². The average molecular weight is 555 g/mol. The fraction of sp³-hybridized carbons (Fsp3) is 0.138. The van der Waals surface area contributed by atoms with E-state index in [-0.39, 0.29) is 34.0 Å². The molecule has 8 nitrogen and oxygen atoms in total. The number of aromatic nitrogens is 2. The molecule has 2 aliphatic heterocycles. The van der Waals surface area contributed by atoms with Crippen molar-refractivity contribution in [1.82, 2.24) is 10.2 Å². The van der Waals surface area contributed by atoms with Crippen molar-refractivity contribution < 1.29 is 14.0 Å². The first-order valence-electron chi connectivity index (χ1n) is 12.3. The Morgan fingerprint density at radius 1 is 0.949 bits per heavy atom. The summed E-state index contributed by atoms with van der Waals surface area (Å²) >= 11 is 7.69. The van der Waals surface area contributed by atoms with Crippen LogP contribution in [0.2, 0.25) is 5.02 Å². The quantitative estimate of drug-likeness (QED) is 0.299. The second-order valence-electron chi connectivity index (χ2n) is 9.31. The zero-order valence-corrected chi connectivity index (χ0v) is 22.1. The molecule has 0 fully saturated rings. The maximum atomic E-state index is 14.8. The molecule has 0 N–H and O–H groups in total. The number of nitrogens with zero attached hydrogens (tertiary/aromatic N) is 4. The summed E-state index contributed by atoms with van der Waals surface area (Å²) in [4.78, 5) is 46.0. The standard InChI is InChI=1S/C29H19ClN4O4S/c1-2-22-31-32-28(39-22)34-26(36)25-23(24(35)17-10-4-8-14-21(17)38-25)29(34)18-11-5-7-13-20(18)33(27(29)37)15-16-9-3-6-12-19(16)30/h3-14H,2,15H2,1H3. The molecule has 0 saturated carbocycles. The number of anilines is 2. The zero-order chi connectivity index (χ0) is 26.9. The Morgan fingerprint density at radius 2 is 1.69 bits per heavy atom. The molecule has 192 valence electrons. The van der Waals surface area contributed by atoms with Crippen molar-refractivity contribution in [2.75, 3.05) is 9.80 Å². The Hall–Kier alpha value is -4.34. The summed E-state index contributed by atoms with van der Waals surface area (Å²) in [7, 11) is 0. The van der Waals surface area contributed by atoms with Gasteiger partial charge >= 0.3 is 0 Å². The molecule has 2 aliphatic rings. The minimum atomic E-state index is -1.82. The lowest BCUT2D eigenvalue weighted by molar-refractivity contribution is -0.121. The Bertz CT molecular complexity index is 1900. The summed E-state index contributed by atoms with van der Waals surface area (Å²) < 4.78 is 6.08. The van der Waals surface area contributed by atoms with Crippen LogP contribution in [0.3, 0.4) is 0 Å². The Labute approximate surface area is 231 Å². The minimum Gasteiger partial charge on any atom is -0.450 e. The van der Waals surface area contributed by atoms with E-state index in [2.05, 4.69) is 10.2 Å². The van der Waals surface area contributed by atoms with Crippen LogP contribution in [0.4, 0.5) is 10.8 Å². The fourth-order valence-electron chi connectivity index (χ4n) is 5.54. The lowest BCUT2D eigenvalue weighted by Crippen LogP contribution is -2.53. The van der Waals surface area contributed by atoms with Crippen molar-refractivity contribution in [3.63, 3.8) is 0 Å². The van der Waals surface area contributed by atoms with Crippen LogP contribution in [-0.4, -0.2) is 22.0 Å². The van der Waals surface area contributed by atoms with Gasteiger partial charge in [-0.2, -0.15) is 0 Å². The molecule has 10 heteroatoms. The summed E-state index contributed by atoms with van der Waals surface area (Å²) in [6.07, 6.45) is 0.601. The van der Waals surface area contributed by atoms with Crippen LogP contribution in [0.25, 0.3) is 11.0 Å². The van der Waals surface area contributed by atoms with Crippen molar-refractivity contribution in [2.24, 2.45) is 0 Å². The molecule has 1 unspecified atom stereocenters. The summed E-state index contributed by atoms with van der Waals surface area (Å²) in [5, 5.41) is 10.2. The lowest BCUT2D eigenvalue weighted by Gasteiger charge is -2.32. The van der Waals surface area contributed by atoms with Crippen molar-refractivity contribution in [2.45, 2.75) is 25.4 Å². The maximum absolute atomic E-state index is 14.8. The summed E-state index contributed by atoms with van der Waals surface area (Å²) in [5.74, 6) is -1.25. The minimum absolute atomic E-state index is 0.0152. The van der Waals surface area contributed by atoms with Gasteiger partial charge in [0.05, 0.1) is 23.2 Å². The molecular weight excluding hydrogens is 536 g/mol. The van der Waals surface area contributed by atoms with Gasteiger partial charge in [0, 0.05) is 10.6 Å². The van der Waals surface area contributed by atoms with Gasteiger partial charge in [-0.05, 0) is 36.2 Å². The molecule has 0 aliphatic carbocycles. The molecule has 1 spiro atoms. The van der Waals surface area contributed by atoms with Gasteiger partial charge in [-0.1, -0.05) is 78.4 Å². The zero-order valence-electron chi connectivity index (χ0n) is 20.6. The van der Waals surface area contributed by atoms with Gasteiger partial charge in [-0.25, -0.2) is 0 Å². The first kappa shape index (κ1) is 23.8. The molecule has 7 rings (SSSR count).